The molecule has 3 N–H and O–H groups in total. The van der Waals surface area contributed by atoms with Crippen molar-refractivity contribution < 1.29 is 76.5 Å². The highest BCUT2D eigenvalue weighted by Gasteiger charge is 2.34. The van der Waals surface area contributed by atoms with E-state index >= 15 is 0 Å². The summed E-state index contributed by atoms with van der Waals surface area (Å²) in [6.45, 7) is 23.7. The van der Waals surface area contributed by atoms with Gasteiger partial charge < -0.3 is 53.9 Å². The van der Waals surface area contributed by atoms with E-state index in [0.717, 1.165) is 10.3 Å². The highest BCUT2D eigenvalue weighted by molar-refractivity contribution is 5.90. The topological polar surface area (TPSA) is 308 Å². The van der Waals surface area contributed by atoms with E-state index in [1.807, 2.05) is 49.9 Å². The second-order valence-corrected chi connectivity index (χ2v) is 26.2. The second kappa shape index (κ2) is 37.9. The van der Waals surface area contributed by atoms with E-state index in [2.05, 4.69) is 16.0 Å². The quantitative estimate of drug-likeness (QED) is 0.0247. The van der Waals surface area contributed by atoms with E-state index in [1.165, 1.54) is 36.4 Å². The zero-order chi connectivity index (χ0) is 68.1. The fraction of sp³-hybridized carbons (Fsp3) is 0.631. The lowest BCUT2D eigenvalue weighted by Crippen LogP contribution is -2.53. The summed E-state index contributed by atoms with van der Waals surface area (Å²) in [5.74, 6) is -3.22. The highest BCUT2D eigenvalue weighted by Crippen LogP contribution is 2.20. The van der Waals surface area contributed by atoms with Gasteiger partial charge in [0.1, 0.15) is 35.1 Å². The minimum absolute atomic E-state index is 0.00803. The number of rotatable bonds is 32. The van der Waals surface area contributed by atoms with Crippen molar-refractivity contribution in [1.82, 2.24) is 35.0 Å². The lowest BCUT2D eigenvalue weighted by molar-refractivity contribution is -0.384. The maximum atomic E-state index is 14.4. The van der Waals surface area contributed by atoms with Crippen LogP contribution in [0.1, 0.15) is 126 Å². The summed E-state index contributed by atoms with van der Waals surface area (Å²) in [7, 11) is 0. The van der Waals surface area contributed by atoms with Gasteiger partial charge in [0.25, 0.3) is 11.2 Å². The maximum absolute atomic E-state index is 14.4. The summed E-state index contributed by atoms with van der Waals surface area (Å²) in [6, 6.07) is 17.3. The number of nitrogens with one attached hydrogen (secondary N) is 3. The average molecular weight is 1290 g/mol. The van der Waals surface area contributed by atoms with Crippen molar-refractivity contribution >= 4 is 53.0 Å². The third-order valence-electron chi connectivity index (χ3n) is 13.3. The Balaban J connectivity index is 1.45. The van der Waals surface area contributed by atoms with Crippen LogP contribution in [0.25, 0.3) is 0 Å². The van der Waals surface area contributed by atoms with Gasteiger partial charge >= 0.3 is 23.9 Å². The van der Waals surface area contributed by atoms with E-state index in [1.54, 1.807) is 89.2 Å². The summed E-state index contributed by atoms with van der Waals surface area (Å²) in [4.78, 5) is 132. The molecule has 1 aliphatic heterocycles. The van der Waals surface area contributed by atoms with E-state index in [9.17, 15) is 48.5 Å². The first-order chi connectivity index (χ1) is 43.2. The molecule has 0 radical (unpaired) electrons. The van der Waals surface area contributed by atoms with Crippen molar-refractivity contribution in [3.05, 3.63) is 105 Å². The third kappa shape index (κ3) is 32.7. The minimum Gasteiger partial charge on any atom is -0.459 e. The van der Waals surface area contributed by atoms with Gasteiger partial charge in [0.15, 0.2) is 0 Å². The molecular formula is C65H99N9O18. The Morgan fingerprint density at radius 3 is 1.53 bits per heavy atom. The van der Waals surface area contributed by atoms with Crippen LogP contribution in [-0.4, -0.2) is 217 Å². The molecule has 2 heterocycles. The molecule has 3 amide bonds. The first-order valence-corrected chi connectivity index (χ1v) is 31.2. The predicted octanol–water partition coefficient (Wildman–Crippen LogP) is 4.86. The van der Waals surface area contributed by atoms with Gasteiger partial charge in [-0.2, -0.15) is 0 Å². The molecule has 1 fully saturated rings. The van der Waals surface area contributed by atoms with Crippen molar-refractivity contribution in [2.75, 3.05) is 123 Å². The lowest BCUT2D eigenvalue weighted by atomic mass is 10.1. The molecule has 3 aromatic rings. The number of nitro benzene ring substituents is 1. The third-order valence-corrected chi connectivity index (χ3v) is 13.3. The summed E-state index contributed by atoms with van der Waals surface area (Å²) in [5.41, 5.74) is -2.26. The van der Waals surface area contributed by atoms with E-state index in [0.29, 0.717) is 31.9 Å². The molecule has 512 valence electrons. The number of benzene rings is 2. The summed E-state index contributed by atoms with van der Waals surface area (Å²) < 4.78 is 41.4. The first-order valence-electron chi connectivity index (χ1n) is 31.2. The fourth-order valence-corrected chi connectivity index (χ4v) is 9.26. The fourth-order valence-electron chi connectivity index (χ4n) is 9.26. The van der Waals surface area contributed by atoms with Crippen LogP contribution in [0.2, 0.25) is 0 Å². The number of amides is 3. The molecule has 92 heavy (non-hydrogen) atoms. The number of pyridine rings is 1. The van der Waals surface area contributed by atoms with E-state index < -0.39 is 80.7 Å². The lowest BCUT2D eigenvalue weighted by Gasteiger charge is -2.37. The zero-order valence-corrected chi connectivity index (χ0v) is 55.9. The molecule has 2 unspecified atom stereocenters. The van der Waals surface area contributed by atoms with Crippen LogP contribution in [0.3, 0.4) is 0 Å². The Hall–Kier alpha value is -7.40. The second-order valence-electron chi connectivity index (χ2n) is 26.2. The SMILES string of the molecule is CC(C)(C)OC(=O)CN1CCN(CC(=O)OC(C)(C)C)CCN(C(CCC(=O)NCCC(=O)NC(COCCOCCOCCC(=O)Nc2ccc([N+](=O)[O-])cc2)c2cccc(=O)n2OCc2ccccc2)C(=O)OC(C)(C)C)CCN(CC(=O)OC(C)(C)C)CC1. The molecular weight excluding hydrogens is 1190 g/mol. The summed E-state index contributed by atoms with van der Waals surface area (Å²) in [6.07, 6.45) is -0.316. The van der Waals surface area contributed by atoms with E-state index in [-0.39, 0.29) is 142 Å². The number of aromatic nitrogens is 1. The number of non-ortho nitro benzene ring substituents is 1. The Morgan fingerprint density at radius 2 is 1.03 bits per heavy atom. The molecule has 27 nitrogen and oxygen atoms in total. The Morgan fingerprint density at radius 1 is 0.543 bits per heavy atom. The van der Waals surface area contributed by atoms with Gasteiger partial charge in [-0.15, -0.1) is 4.73 Å². The highest BCUT2D eigenvalue weighted by atomic mass is 16.7. The number of anilines is 1. The minimum atomic E-state index is -0.988. The smallest absolute Gasteiger partial charge is 0.323 e. The van der Waals surface area contributed by atoms with Crippen LogP contribution in [0, 0.1) is 10.1 Å². The van der Waals surface area contributed by atoms with Gasteiger partial charge in [0, 0.05) is 95.6 Å². The molecule has 0 spiro atoms. The molecule has 0 bridgehead atoms. The number of nitrogens with zero attached hydrogens (tertiary/aromatic N) is 6. The van der Waals surface area contributed by atoms with Crippen molar-refractivity contribution in [3.8, 4) is 0 Å². The van der Waals surface area contributed by atoms with Crippen LogP contribution in [-0.2, 0) is 73.3 Å². The van der Waals surface area contributed by atoms with Crippen molar-refractivity contribution in [2.45, 2.75) is 150 Å². The van der Waals surface area contributed by atoms with Crippen molar-refractivity contribution in [1.29, 1.82) is 0 Å². The standard InChI is InChI=1S/C65H99N9O18/c1-62(2,3)89-58(79)43-69-30-32-70(44-59(80)90-63(4,5)6)34-36-72(37-35-71(33-31-69)45-60(81)91-64(7,8)9)53(61(82)92-65(10,11)12)25-26-54(75)66-29-27-55(76)68-51(52-19-16-20-57(78)73(52)88-46-48-17-14-13-15-18-48)47-87-42-41-86-40-39-85-38-28-56(77)67-49-21-23-50(24-22-49)74(83)84/h13-24,51,53H,25-47H2,1-12H3,(H,66,75)(H,67,77)(H,68,76). The number of esters is 4. The molecule has 2 aromatic carbocycles. The van der Waals surface area contributed by atoms with Crippen LogP contribution < -0.4 is 26.3 Å². The average Bonchev–Trinajstić information content (AvgIpc) is 0.980. The van der Waals surface area contributed by atoms with Crippen molar-refractivity contribution in [2.24, 2.45) is 0 Å². The van der Waals surface area contributed by atoms with Gasteiger partial charge in [0.2, 0.25) is 17.7 Å². The molecule has 0 saturated carbocycles. The molecule has 0 aliphatic carbocycles. The van der Waals surface area contributed by atoms with Gasteiger partial charge in [-0.3, -0.25) is 68.1 Å². The summed E-state index contributed by atoms with van der Waals surface area (Å²) in [5, 5.41) is 19.3. The normalized spacial score (nSPS) is 15.1. The number of hydrogen-bond donors (Lipinski definition) is 3. The molecule has 1 aromatic heterocycles. The van der Waals surface area contributed by atoms with Gasteiger partial charge in [-0.25, -0.2) is 0 Å². The van der Waals surface area contributed by atoms with Crippen LogP contribution >= 0.6 is 0 Å². The first kappa shape index (κ1) is 77.1. The van der Waals surface area contributed by atoms with Crippen LogP contribution in [0.4, 0.5) is 11.4 Å². The van der Waals surface area contributed by atoms with E-state index in [4.69, 9.17) is 38.0 Å². The largest absolute Gasteiger partial charge is 0.459 e. The zero-order valence-electron chi connectivity index (χ0n) is 55.9. The Kier molecular flexibility index (Phi) is 31.8. The predicted molar refractivity (Wildman–Crippen MR) is 342 cm³/mol. The number of ether oxygens (including phenoxy) is 7. The monoisotopic (exact) mass is 1290 g/mol. The molecule has 27 heteroatoms. The Labute approximate surface area is 540 Å². The number of carbonyl (C=O) groups is 7. The molecule has 1 aliphatic rings. The maximum Gasteiger partial charge on any atom is 0.323 e. The summed E-state index contributed by atoms with van der Waals surface area (Å²) >= 11 is 0. The van der Waals surface area contributed by atoms with Crippen LogP contribution in [0.5, 0.6) is 0 Å². The number of carbonyl (C=O) groups excluding carboxylic acids is 7. The Bertz CT molecular complexity index is 2840. The van der Waals surface area contributed by atoms with Gasteiger partial charge in [0.05, 0.1) is 82.4 Å². The van der Waals surface area contributed by atoms with Crippen LogP contribution in [0.15, 0.2) is 77.6 Å². The van der Waals surface area contributed by atoms with Gasteiger partial charge in [-0.1, -0.05) is 36.4 Å². The number of hydrogen-bond acceptors (Lipinski definition) is 22. The van der Waals surface area contributed by atoms with Gasteiger partial charge in [-0.05, 0) is 113 Å². The molecule has 1 saturated heterocycles. The number of nitro groups is 1. The molecule has 2 atom stereocenters. The van der Waals surface area contributed by atoms with Crippen molar-refractivity contribution in [3.63, 3.8) is 0 Å². The molecule has 4 rings (SSSR count).